The zero-order chi connectivity index (χ0) is 25.9. The van der Waals surface area contributed by atoms with E-state index in [4.69, 9.17) is 28.2 Å². The van der Waals surface area contributed by atoms with Crippen molar-refractivity contribution in [2.24, 2.45) is 10.2 Å². The topological polar surface area (TPSA) is 104 Å². The van der Waals surface area contributed by atoms with Gasteiger partial charge in [-0.15, -0.1) is 10.2 Å². The maximum atomic E-state index is 13.3. The predicted octanol–water partition coefficient (Wildman–Crippen LogP) is 6.41. The van der Waals surface area contributed by atoms with E-state index in [-0.39, 0.29) is 17.3 Å². The molecule has 2 aromatic heterocycles. The molecule has 0 atom stereocenters. The Bertz CT molecular complexity index is 1450. The summed E-state index contributed by atoms with van der Waals surface area (Å²) in [7, 11) is 0. The largest absolute Gasteiger partial charge is 0.493 e. The van der Waals surface area contributed by atoms with Crippen LogP contribution in [0.25, 0.3) is 10.9 Å². The Morgan fingerprint density at radius 3 is 2.67 bits per heavy atom. The summed E-state index contributed by atoms with van der Waals surface area (Å²) in [5.41, 5.74) is -1.05. The summed E-state index contributed by atoms with van der Waals surface area (Å²) in [6, 6.07) is 12.6. The highest BCUT2D eigenvalue weighted by atomic mass is 35.5. The van der Waals surface area contributed by atoms with Crippen LogP contribution in [0, 0.1) is 0 Å². The normalized spacial score (nSPS) is 11.8. The van der Waals surface area contributed by atoms with Crippen LogP contribution >= 0.6 is 23.8 Å². The number of fused-ring (bicyclic) bond motifs is 1. The maximum absolute atomic E-state index is 13.3. The van der Waals surface area contributed by atoms with E-state index in [1.54, 1.807) is 18.2 Å². The standard InChI is InChI=1S/C23H17ClF3N5O3S/c24-13-7-8-18-15(10-13)20(30-31-22(36)28-11-14-4-3-9-35-14)21(34)32(18)12-19(33)29-17-6-2-1-5-16(17)23(25,26)27/h1-10,34H,11-12H2,(H,28,36)(H,29,33). The van der Waals surface area contributed by atoms with Gasteiger partial charge in [0.15, 0.2) is 5.69 Å². The number of carbonyl (C=O) groups excluding carboxylic acids is 1. The summed E-state index contributed by atoms with van der Waals surface area (Å²) in [6.07, 6.45) is -3.14. The van der Waals surface area contributed by atoms with E-state index in [9.17, 15) is 23.1 Å². The quantitative estimate of drug-likeness (QED) is 0.195. The SMILES string of the molecule is O=C(Cn1c(O)c(N=NC(=S)NCc2ccco2)c2cc(Cl)ccc21)Nc1ccccc1C(F)(F)F. The predicted molar refractivity (Wildman–Crippen MR) is 131 cm³/mol. The number of benzene rings is 2. The number of alkyl halides is 3. The molecule has 8 nitrogen and oxygen atoms in total. The number of aromatic hydroxyl groups is 1. The fraction of sp³-hybridized carbons (Fsp3) is 0.130. The molecule has 0 radical (unpaired) electrons. The number of nitrogens with zero attached hydrogens (tertiary/aromatic N) is 3. The van der Waals surface area contributed by atoms with Gasteiger partial charge in [-0.2, -0.15) is 13.2 Å². The highest BCUT2D eigenvalue weighted by molar-refractivity contribution is 7.80. The molecule has 2 aromatic carbocycles. The van der Waals surface area contributed by atoms with Crippen molar-refractivity contribution in [3.05, 3.63) is 77.2 Å². The van der Waals surface area contributed by atoms with E-state index in [1.807, 2.05) is 0 Å². The van der Waals surface area contributed by atoms with Crippen LogP contribution in [0.15, 0.2) is 75.5 Å². The first-order chi connectivity index (χ1) is 17.1. The van der Waals surface area contributed by atoms with Crippen molar-refractivity contribution in [1.29, 1.82) is 0 Å². The second-order valence-electron chi connectivity index (χ2n) is 7.45. The number of azo groups is 1. The molecule has 4 aromatic rings. The lowest BCUT2D eigenvalue weighted by Gasteiger charge is -2.14. The third-order valence-electron chi connectivity index (χ3n) is 5.02. The first-order valence-corrected chi connectivity index (χ1v) is 11.1. The minimum absolute atomic E-state index is 0.00947. The molecule has 0 bridgehead atoms. The summed E-state index contributed by atoms with van der Waals surface area (Å²) in [5.74, 6) is -0.617. The number of hydrogen-bond donors (Lipinski definition) is 3. The Morgan fingerprint density at radius 2 is 1.94 bits per heavy atom. The number of furan rings is 1. The van der Waals surface area contributed by atoms with E-state index in [1.165, 1.54) is 35.1 Å². The first-order valence-electron chi connectivity index (χ1n) is 10.3. The number of halogens is 4. The highest BCUT2D eigenvalue weighted by Gasteiger charge is 2.33. The van der Waals surface area contributed by atoms with Crippen molar-refractivity contribution < 1.29 is 27.5 Å². The van der Waals surface area contributed by atoms with Crippen molar-refractivity contribution in [3.8, 4) is 5.88 Å². The van der Waals surface area contributed by atoms with E-state index in [2.05, 4.69) is 20.9 Å². The lowest BCUT2D eigenvalue weighted by molar-refractivity contribution is -0.137. The van der Waals surface area contributed by atoms with Gasteiger partial charge >= 0.3 is 6.18 Å². The lowest BCUT2D eigenvalue weighted by atomic mass is 10.1. The second kappa shape index (κ2) is 10.4. The van der Waals surface area contributed by atoms with Crippen LogP contribution in [-0.2, 0) is 24.1 Å². The van der Waals surface area contributed by atoms with Crippen LogP contribution in [0.4, 0.5) is 24.5 Å². The van der Waals surface area contributed by atoms with Gasteiger partial charge in [0.05, 0.1) is 29.6 Å². The summed E-state index contributed by atoms with van der Waals surface area (Å²) < 4.78 is 46.2. The summed E-state index contributed by atoms with van der Waals surface area (Å²) in [5, 5.41) is 24.5. The van der Waals surface area contributed by atoms with Gasteiger partial charge in [-0.3, -0.25) is 4.79 Å². The molecule has 0 fully saturated rings. The number of aromatic nitrogens is 1. The van der Waals surface area contributed by atoms with Crippen LogP contribution in [0.1, 0.15) is 11.3 Å². The number of nitrogens with one attached hydrogen (secondary N) is 2. The van der Waals surface area contributed by atoms with Gasteiger partial charge in [-0.25, -0.2) is 0 Å². The molecule has 0 spiro atoms. The van der Waals surface area contributed by atoms with Gasteiger partial charge < -0.3 is 24.7 Å². The van der Waals surface area contributed by atoms with Crippen molar-refractivity contribution in [2.45, 2.75) is 19.3 Å². The molecule has 0 aliphatic heterocycles. The van der Waals surface area contributed by atoms with Crippen molar-refractivity contribution in [1.82, 2.24) is 9.88 Å². The average molecular weight is 536 g/mol. The monoisotopic (exact) mass is 535 g/mol. The van der Waals surface area contributed by atoms with Crippen molar-refractivity contribution >= 4 is 57.1 Å². The molecular weight excluding hydrogens is 519 g/mol. The Hall–Kier alpha value is -3.90. The fourth-order valence-electron chi connectivity index (χ4n) is 3.43. The molecule has 3 N–H and O–H groups in total. The molecule has 1 amide bonds. The molecule has 0 saturated carbocycles. The van der Waals surface area contributed by atoms with E-state index < -0.39 is 35.8 Å². The highest BCUT2D eigenvalue weighted by Crippen LogP contribution is 2.40. The van der Waals surface area contributed by atoms with Crippen LogP contribution in [0.2, 0.25) is 5.02 Å². The van der Waals surface area contributed by atoms with Crippen LogP contribution in [0.5, 0.6) is 5.88 Å². The number of para-hydroxylation sites is 1. The number of amides is 1. The Morgan fingerprint density at radius 1 is 1.17 bits per heavy atom. The Kier molecular flexibility index (Phi) is 7.27. The van der Waals surface area contributed by atoms with Gasteiger partial charge in [0.2, 0.25) is 16.9 Å². The van der Waals surface area contributed by atoms with Gasteiger partial charge in [-0.1, -0.05) is 23.7 Å². The zero-order valence-corrected chi connectivity index (χ0v) is 19.8. The maximum Gasteiger partial charge on any atom is 0.418 e. The minimum Gasteiger partial charge on any atom is -0.493 e. The third kappa shape index (κ3) is 5.66. The van der Waals surface area contributed by atoms with Crippen molar-refractivity contribution in [3.63, 3.8) is 0 Å². The molecule has 4 rings (SSSR count). The van der Waals surface area contributed by atoms with Crippen LogP contribution < -0.4 is 10.6 Å². The van der Waals surface area contributed by atoms with Crippen LogP contribution in [0.3, 0.4) is 0 Å². The number of thiocarbonyl (C=S) groups is 1. The van der Waals surface area contributed by atoms with Crippen molar-refractivity contribution in [2.75, 3.05) is 5.32 Å². The summed E-state index contributed by atoms with van der Waals surface area (Å²) in [4.78, 5) is 12.7. The van der Waals surface area contributed by atoms with Gasteiger partial charge in [0.1, 0.15) is 12.3 Å². The first kappa shape index (κ1) is 25.2. The number of rotatable bonds is 6. The van der Waals surface area contributed by atoms with E-state index >= 15 is 0 Å². The van der Waals surface area contributed by atoms with Crippen LogP contribution in [-0.4, -0.2) is 20.7 Å². The molecule has 186 valence electrons. The Balaban J connectivity index is 1.58. The summed E-state index contributed by atoms with van der Waals surface area (Å²) in [6.45, 7) is -0.239. The molecule has 36 heavy (non-hydrogen) atoms. The fourth-order valence-corrected chi connectivity index (χ4v) is 3.72. The van der Waals surface area contributed by atoms with Gasteiger partial charge in [-0.05, 0) is 54.7 Å². The zero-order valence-electron chi connectivity index (χ0n) is 18.2. The molecular formula is C23H17ClF3N5O3S. The van der Waals surface area contributed by atoms with Gasteiger partial charge in [0.25, 0.3) is 0 Å². The van der Waals surface area contributed by atoms with E-state index in [0.717, 1.165) is 12.1 Å². The molecule has 0 aliphatic carbocycles. The van der Waals surface area contributed by atoms with Gasteiger partial charge in [0, 0.05) is 10.4 Å². The molecule has 0 saturated heterocycles. The van der Waals surface area contributed by atoms with E-state index in [0.29, 0.717) is 21.7 Å². The molecule has 0 aliphatic rings. The summed E-state index contributed by atoms with van der Waals surface area (Å²) >= 11 is 11.2. The molecule has 0 unspecified atom stereocenters. The third-order valence-corrected chi connectivity index (χ3v) is 5.48. The smallest absolute Gasteiger partial charge is 0.418 e. The Labute approximate surface area is 212 Å². The molecule has 13 heteroatoms. The number of hydrogen-bond acceptors (Lipinski definition) is 5. The second-order valence-corrected chi connectivity index (χ2v) is 8.27. The number of carbonyl (C=O) groups is 1. The number of anilines is 1. The minimum atomic E-state index is -4.65. The average Bonchev–Trinajstić information content (AvgIpc) is 3.43. The lowest BCUT2D eigenvalue weighted by Crippen LogP contribution is -2.21. The molecule has 2 heterocycles.